The minimum absolute atomic E-state index is 0.697. The molecular formula is C21H18N6S3. The van der Waals surface area contributed by atoms with Gasteiger partial charge in [0.2, 0.25) is 0 Å². The second-order valence-corrected chi connectivity index (χ2v) is 8.84. The molecule has 4 heterocycles. The molecule has 0 aromatic carbocycles. The molecule has 0 saturated heterocycles. The van der Waals surface area contributed by atoms with E-state index in [-0.39, 0.29) is 0 Å². The fourth-order valence-corrected chi connectivity index (χ4v) is 4.80. The van der Waals surface area contributed by atoms with Gasteiger partial charge in [-0.3, -0.25) is 15.0 Å². The summed E-state index contributed by atoms with van der Waals surface area (Å²) in [6.07, 6.45) is 5.39. The molecule has 0 aliphatic carbocycles. The maximum Gasteiger partial charge on any atom is 0.192 e. The van der Waals surface area contributed by atoms with Gasteiger partial charge in [0.1, 0.15) is 0 Å². The van der Waals surface area contributed by atoms with Crippen LogP contribution in [0.25, 0.3) is 0 Å². The van der Waals surface area contributed by atoms with Gasteiger partial charge < -0.3 is 0 Å². The van der Waals surface area contributed by atoms with Crippen LogP contribution in [0, 0.1) is 0 Å². The van der Waals surface area contributed by atoms with Crippen LogP contribution in [0.5, 0.6) is 0 Å². The Morgan fingerprint density at radius 2 is 0.800 bits per heavy atom. The third-order valence-electron chi connectivity index (χ3n) is 3.80. The minimum Gasteiger partial charge on any atom is -0.260 e. The van der Waals surface area contributed by atoms with Crippen LogP contribution >= 0.6 is 35.3 Å². The molecule has 0 aliphatic rings. The standard InChI is InChI=1S/C21H18N6S3/c1-4-10-22-16(7-1)13-28-19-25-20(29-14-17-8-2-5-11-23-17)27-21(26-19)30-15-18-9-3-6-12-24-18/h1-12H,13-15H2. The van der Waals surface area contributed by atoms with Crippen molar-refractivity contribution in [2.24, 2.45) is 0 Å². The van der Waals surface area contributed by atoms with Gasteiger partial charge in [-0.2, -0.15) is 15.0 Å². The smallest absolute Gasteiger partial charge is 0.192 e. The van der Waals surface area contributed by atoms with Gasteiger partial charge in [0.15, 0.2) is 15.5 Å². The van der Waals surface area contributed by atoms with E-state index in [0.29, 0.717) is 32.7 Å². The first-order valence-corrected chi connectivity index (χ1v) is 12.1. The topological polar surface area (TPSA) is 77.3 Å². The normalized spacial score (nSPS) is 10.8. The highest BCUT2D eigenvalue weighted by atomic mass is 32.2. The third kappa shape index (κ3) is 6.51. The first-order valence-electron chi connectivity index (χ1n) is 9.19. The van der Waals surface area contributed by atoms with Crippen molar-refractivity contribution in [2.75, 3.05) is 0 Å². The number of rotatable bonds is 9. The van der Waals surface area contributed by atoms with Crippen LogP contribution in [0.1, 0.15) is 17.1 Å². The molecule has 0 saturated carbocycles. The zero-order valence-electron chi connectivity index (χ0n) is 16.0. The number of aromatic nitrogens is 6. The Balaban J connectivity index is 1.48. The van der Waals surface area contributed by atoms with Crippen molar-refractivity contribution in [1.82, 2.24) is 29.9 Å². The zero-order chi connectivity index (χ0) is 20.4. The van der Waals surface area contributed by atoms with Crippen LogP contribution in [0.4, 0.5) is 0 Å². The Kier molecular flexibility index (Phi) is 7.65. The molecule has 0 radical (unpaired) electrons. The number of nitrogens with zero attached hydrogens (tertiary/aromatic N) is 6. The monoisotopic (exact) mass is 450 g/mol. The maximum atomic E-state index is 4.64. The van der Waals surface area contributed by atoms with Gasteiger partial charge >= 0.3 is 0 Å². The minimum atomic E-state index is 0.697. The van der Waals surface area contributed by atoms with E-state index in [1.807, 2.05) is 54.6 Å². The second-order valence-electron chi connectivity index (χ2n) is 6.01. The lowest BCUT2D eigenvalue weighted by Gasteiger charge is -2.07. The molecule has 0 spiro atoms. The fraction of sp³-hybridized carbons (Fsp3) is 0.143. The lowest BCUT2D eigenvalue weighted by atomic mass is 10.4. The van der Waals surface area contributed by atoms with E-state index in [2.05, 4.69) is 29.9 Å². The zero-order valence-corrected chi connectivity index (χ0v) is 18.4. The molecule has 0 aliphatic heterocycles. The second kappa shape index (κ2) is 11.1. The summed E-state index contributed by atoms with van der Waals surface area (Å²) in [4.78, 5) is 27.0. The predicted molar refractivity (Wildman–Crippen MR) is 121 cm³/mol. The molecule has 0 unspecified atom stereocenters. The summed E-state index contributed by atoms with van der Waals surface area (Å²) >= 11 is 4.69. The summed E-state index contributed by atoms with van der Waals surface area (Å²) < 4.78 is 0. The molecule has 9 heteroatoms. The molecule has 0 amide bonds. The highest BCUT2D eigenvalue weighted by Crippen LogP contribution is 2.27. The van der Waals surface area contributed by atoms with Crippen molar-refractivity contribution in [2.45, 2.75) is 32.7 Å². The Bertz CT molecular complexity index is 903. The average Bonchev–Trinajstić information content (AvgIpc) is 2.82. The van der Waals surface area contributed by atoms with E-state index in [0.717, 1.165) is 17.1 Å². The van der Waals surface area contributed by atoms with Gasteiger partial charge in [0, 0.05) is 35.8 Å². The summed E-state index contributed by atoms with van der Waals surface area (Å²) in [5.74, 6) is 2.12. The quantitative estimate of drug-likeness (QED) is 0.330. The summed E-state index contributed by atoms with van der Waals surface area (Å²) in [7, 11) is 0. The van der Waals surface area contributed by atoms with Crippen molar-refractivity contribution >= 4 is 35.3 Å². The Hall–Kier alpha value is -2.49. The molecule has 4 rings (SSSR count). The first kappa shape index (κ1) is 20.8. The van der Waals surface area contributed by atoms with Crippen LogP contribution in [0.2, 0.25) is 0 Å². The van der Waals surface area contributed by atoms with Gasteiger partial charge in [-0.25, -0.2) is 0 Å². The lowest BCUT2D eigenvalue weighted by Crippen LogP contribution is -1.99. The van der Waals surface area contributed by atoms with E-state index < -0.39 is 0 Å². The number of pyridine rings is 3. The summed E-state index contributed by atoms with van der Waals surface area (Å²) in [5, 5.41) is 2.09. The number of hydrogen-bond acceptors (Lipinski definition) is 9. The molecular weight excluding hydrogens is 432 g/mol. The van der Waals surface area contributed by atoms with Crippen LogP contribution in [-0.2, 0) is 17.3 Å². The fourth-order valence-electron chi connectivity index (χ4n) is 2.38. The third-order valence-corrected chi connectivity index (χ3v) is 6.44. The highest BCUT2D eigenvalue weighted by molar-refractivity contribution is 7.99. The summed E-state index contributed by atoms with van der Waals surface area (Å²) in [6.45, 7) is 0. The predicted octanol–water partition coefficient (Wildman–Crippen LogP) is 4.93. The first-order chi connectivity index (χ1) is 14.8. The van der Waals surface area contributed by atoms with Crippen LogP contribution in [0.15, 0.2) is 88.7 Å². The van der Waals surface area contributed by atoms with Gasteiger partial charge in [-0.1, -0.05) is 53.5 Å². The molecule has 4 aromatic rings. The maximum absolute atomic E-state index is 4.64. The largest absolute Gasteiger partial charge is 0.260 e. The summed E-state index contributed by atoms with van der Waals surface area (Å²) in [5.41, 5.74) is 2.98. The van der Waals surface area contributed by atoms with E-state index in [4.69, 9.17) is 0 Å². The van der Waals surface area contributed by atoms with Crippen LogP contribution < -0.4 is 0 Å². The van der Waals surface area contributed by atoms with Crippen LogP contribution in [-0.4, -0.2) is 29.9 Å². The highest BCUT2D eigenvalue weighted by Gasteiger charge is 2.10. The number of hydrogen-bond donors (Lipinski definition) is 0. The van der Waals surface area contributed by atoms with Gasteiger partial charge in [-0.05, 0) is 36.4 Å². The van der Waals surface area contributed by atoms with E-state index in [1.165, 1.54) is 0 Å². The van der Waals surface area contributed by atoms with Gasteiger partial charge in [0.05, 0.1) is 17.1 Å². The van der Waals surface area contributed by atoms with E-state index in [1.54, 1.807) is 53.9 Å². The molecule has 150 valence electrons. The summed E-state index contributed by atoms with van der Waals surface area (Å²) in [6, 6.07) is 17.7. The van der Waals surface area contributed by atoms with Crippen LogP contribution in [0.3, 0.4) is 0 Å². The molecule has 30 heavy (non-hydrogen) atoms. The van der Waals surface area contributed by atoms with Crippen molar-refractivity contribution in [3.05, 3.63) is 90.3 Å². The Labute approximate surface area is 187 Å². The molecule has 6 nitrogen and oxygen atoms in total. The van der Waals surface area contributed by atoms with Crippen molar-refractivity contribution in [3.8, 4) is 0 Å². The van der Waals surface area contributed by atoms with Gasteiger partial charge in [0.25, 0.3) is 0 Å². The Morgan fingerprint density at radius 3 is 1.07 bits per heavy atom. The van der Waals surface area contributed by atoms with Crippen molar-refractivity contribution < 1.29 is 0 Å². The van der Waals surface area contributed by atoms with Gasteiger partial charge in [-0.15, -0.1) is 0 Å². The number of thioether (sulfide) groups is 3. The molecule has 0 atom stereocenters. The molecule has 4 aromatic heterocycles. The Morgan fingerprint density at radius 1 is 0.467 bits per heavy atom. The lowest BCUT2D eigenvalue weighted by molar-refractivity contribution is 0.716. The molecule has 0 fully saturated rings. The SMILES string of the molecule is c1ccc(CSc2nc(SCc3ccccn3)nc(SCc3ccccn3)n2)nc1. The average molecular weight is 451 g/mol. The van der Waals surface area contributed by atoms with Crippen molar-refractivity contribution in [1.29, 1.82) is 0 Å². The van der Waals surface area contributed by atoms with E-state index in [9.17, 15) is 0 Å². The van der Waals surface area contributed by atoms with E-state index >= 15 is 0 Å². The van der Waals surface area contributed by atoms with Crippen molar-refractivity contribution in [3.63, 3.8) is 0 Å². The molecule has 0 bridgehead atoms. The molecule has 0 N–H and O–H groups in total.